The molecule has 164 valence electrons. The van der Waals surface area contributed by atoms with Crippen molar-refractivity contribution in [1.29, 1.82) is 0 Å². The molecule has 0 spiro atoms. The number of rotatable bonds is 5. The van der Waals surface area contributed by atoms with Crippen LogP contribution in [0.2, 0.25) is 0 Å². The summed E-state index contributed by atoms with van der Waals surface area (Å²) < 4.78 is 5.91. The minimum atomic E-state index is -0.211. The molecule has 1 N–H and O–H groups in total. The van der Waals surface area contributed by atoms with Crippen LogP contribution in [0.25, 0.3) is 0 Å². The minimum Gasteiger partial charge on any atom is -0.497 e. The first-order valence-electron chi connectivity index (χ1n) is 10.2. The maximum Gasteiger partial charge on any atom is 0.257 e. The van der Waals surface area contributed by atoms with E-state index in [0.29, 0.717) is 29.9 Å². The van der Waals surface area contributed by atoms with E-state index in [4.69, 9.17) is 4.74 Å². The molecule has 1 fully saturated rings. The van der Waals surface area contributed by atoms with Crippen molar-refractivity contribution in [2.75, 3.05) is 43.5 Å². The third-order valence-electron chi connectivity index (χ3n) is 5.36. The number of pyridine rings is 1. The van der Waals surface area contributed by atoms with Crippen LogP contribution < -0.4 is 15.0 Å². The lowest BCUT2D eigenvalue weighted by molar-refractivity contribution is 0.0746. The monoisotopic (exact) mass is 494 g/mol. The molecule has 32 heavy (non-hydrogen) atoms. The van der Waals surface area contributed by atoms with Crippen LogP contribution in [0.5, 0.6) is 5.75 Å². The quantitative estimate of drug-likeness (QED) is 0.578. The standard InChI is InChI=1S/C24H23BrN4O3/c1-32-22-8-2-17(3-9-22)24(31)29-12-10-28(11-13-29)21-6-4-20(5-7-21)27-23(30)18-14-19(25)16-26-15-18/h2-9,14-16H,10-13H2,1H3,(H,27,30). The number of hydrogen-bond donors (Lipinski definition) is 1. The third kappa shape index (κ3) is 5.08. The first-order valence-corrected chi connectivity index (χ1v) is 11.0. The van der Waals surface area contributed by atoms with Gasteiger partial charge in [-0.1, -0.05) is 0 Å². The van der Waals surface area contributed by atoms with E-state index in [0.717, 1.165) is 29.0 Å². The van der Waals surface area contributed by atoms with Gasteiger partial charge in [-0.3, -0.25) is 14.6 Å². The molecule has 0 bridgehead atoms. The molecule has 0 unspecified atom stereocenters. The number of nitrogens with zero attached hydrogens (tertiary/aromatic N) is 3. The number of methoxy groups -OCH3 is 1. The fraction of sp³-hybridized carbons (Fsp3) is 0.208. The lowest BCUT2D eigenvalue weighted by Gasteiger charge is -2.36. The van der Waals surface area contributed by atoms with Gasteiger partial charge in [0.15, 0.2) is 0 Å². The van der Waals surface area contributed by atoms with Crippen LogP contribution in [0.4, 0.5) is 11.4 Å². The van der Waals surface area contributed by atoms with Gasteiger partial charge in [-0.15, -0.1) is 0 Å². The zero-order chi connectivity index (χ0) is 22.5. The summed E-state index contributed by atoms with van der Waals surface area (Å²) in [6, 6.07) is 16.7. The number of carbonyl (C=O) groups is 2. The van der Waals surface area contributed by atoms with Crippen LogP contribution in [-0.4, -0.2) is 55.0 Å². The Morgan fingerprint density at radius 1 is 0.938 bits per heavy atom. The van der Waals surface area contributed by atoms with Crippen LogP contribution in [-0.2, 0) is 0 Å². The van der Waals surface area contributed by atoms with Gasteiger partial charge < -0.3 is 19.9 Å². The van der Waals surface area contributed by atoms with Gasteiger partial charge in [-0.05, 0) is 70.5 Å². The second-order valence-corrected chi connectivity index (χ2v) is 8.32. The first kappa shape index (κ1) is 21.8. The molecule has 2 heterocycles. The van der Waals surface area contributed by atoms with Crippen LogP contribution in [0.1, 0.15) is 20.7 Å². The molecule has 0 saturated carbocycles. The number of hydrogen-bond acceptors (Lipinski definition) is 5. The summed E-state index contributed by atoms with van der Waals surface area (Å²) in [5.74, 6) is 0.559. The Hall–Kier alpha value is -3.39. The van der Waals surface area contributed by atoms with Crippen molar-refractivity contribution in [3.05, 3.63) is 82.6 Å². The second kappa shape index (κ2) is 9.82. The highest BCUT2D eigenvalue weighted by Crippen LogP contribution is 2.21. The highest BCUT2D eigenvalue weighted by molar-refractivity contribution is 9.10. The van der Waals surface area contributed by atoms with Crippen molar-refractivity contribution >= 4 is 39.1 Å². The van der Waals surface area contributed by atoms with Gasteiger partial charge in [0.05, 0.1) is 12.7 Å². The van der Waals surface area contributed by atoms with Crippen molar-refractivity contribution in [1.82, 2.24) is 9.88 Å². The summed E-state index contributed by atoms with van der Waals surface area (Å²) in [5.41, 5.74) is 2.93. The van der Waals surface area contributed by atoms with Gasteiger partial charge in [0.25, 0.3) is 11.8 Å². The number of anilines is 2. The van der Waals surface area contributed by atoms with Gasteiger partial charge in [0, 0.05) is 60.0 Å². The van der Waals surface area contributed by atoms with Crippen molar-refractivity contribution in [2.24, 2.45) is 0 Å². The zero-order valence-corrected chi connectivity index (χ0v) is 19.2. The van der Waals surface area contributed by atoms with E-state index in [9.17, 15) is 9.59 Å². The number of carbonyl (C=O) groups excluding carboxylic acids is 2. The van der Waals surface area contributed by atoms with E-state index in [1.54, 1.807) is 43.6 Å². The summed E-state index contributed by atoms with van der Waals surface area (Å²) in [6.07, 6.45) is 3.16. The van der Waals surface area contributed by atoms with E-state index in [2.05, 4.69) is 31.1 Å². The molecule has 0 aliphatic carbocycles. The highest BCUT2D eigenvalue weighted by Gasteiger charge is 2.22. The van der Waals surface area contributed by atoms with Gasteiger partial charge in [-0.2, -0.15) is 0 Å². The van der Waals surface area contributed by atoms with Crippen molar-refractivity contribution in [3.8, 4) is 5.75 Å². The molecule has 1 aliphatic heterocycles. The van der Waals surface area contributed by atoms with E-state index in [1.165, 1.54) is 6.20 Å². The molecule has 0 atom stereocenters. The fourth-order valence-electron chi connectivity index (χ4n) is 3.58. The summed E-state index contributed by atoms with van der Waals surface area (Å²) in [7, 11) is 1.61. The molecule has 4 rings (SSSR count). The number of benzene rings is 2. The lowest BCUT2D eigenvalue weighted by atomic mass is 10.1. The maximum absolute atomic E-state index is 12.7. The summed E-state index contributed by atoms with van der Waals surface area (Å²) >= 11 is 3.32. The van der Waals surface area contributed by atoms with Crippen molar-refractivity contribution in [2.45, 2.75) is 0 Å². The first-order chi connectivity index (χ1) is 15.5. The zero-order valence-electron chi connectivity index (χ0n) is 17.6. The maximum atomic E-state index is 12.7. The average molecular weight is 495 g/mol. The second-order valence-electron chi connectivity index (χ2n) is 7.40. The summed E-state index contributed by atoms with van der Waals surface area (Å²) in [6.45, 7) is 2.80. The molecular formula is C24H23BrN4O3. The van der Waals surface area contributed by atoms with Crippen LogP contribution >= 0.6 is 15.9 Å². The largest absolute Gasteiger partial charge is 0.497 e. The van der Waals surface area contributed by atoms with Crippen LogP contribution in [0, 0.1) is 0 Å². The number of piperazine rings is 1. The van der Waals surface area contributed by atoms with Crippen LogP contribution in [0.15, 0.2) is 71.5 Å². The minimum absolute atomic E-state index is 0.0346. The van der Waals surface area contributed by atoms with E-state index < -0.39 is 0 Å². The predicted molar refractivity (Wildman–Crippen MR) is 127 cm³/mol. The lowest BCUT2D eigenvalue weighted by Crippen LogP contribution is -2.48. The highest BCUT2D eigenvalue weighted by atomic mass is 79.9. The van der Waals surface area contributed by atoms with Gasteiger partial charge >= 0.3 is 0 Å². The topological polar surface area (TPSA) is 74.8 Å². The molecule has 7 nitrogen and oxygen atoms in total. The molecule has 1 aromatic heterocycles. The SMILES string of the molecule is COc1ccc(C(=O)N2CCN(c3ccc(NC(=O)c4cncc(Br)c4)cc3)CC2)cc1. The number of amides is 2. The molecule has 0 radical (unpaired) electrons. The molecule has 8 heteroatoms. The third-order valence-corrected chi connectivity index (χ3v) is 5.79. The van der Waals surface area contributed by atoms with Crippen LogP contribution in [0.3, 0.4) is 0 Å². The Morgan fingerprint density at radius 3 is 2.25 bits per heavy atom. The Morgan fingerprint density at radius 2 is 1.62 bits per heavy atom. The molecule has 2 aromatic carbocycles. The molecule has 1 saturated heterocycles. The van der Waals surface area contributed by atoms with E-state index in [1.807, 2.05) is 29.2 Å². The van der Waals surface area contributed by atoms with Gasteiger partial charge in [0.1, 0.15) is 5.75 Å². The van der Waals surface area contributed by atoms with E-state index in [-0.39, 0.29) is 11.8 Å². The van der Waals surface area contributed by atoms with Gasteiger partial charge in [-0.25, -0.2) is 0 Å². The number of halogens is 1. The fourth-order valence-corrected chi connectivity index (χ4v) is 3.94. The summed E-state index contributed by atoms with van der Waals surface area (Å²) in [4.78, 5) is 33.3. The van der Waals surface area contributed by atoms with Crippen molar-refractivity contribution < 1.29 is 14.3 Å². The predicted octanol–water partition coefficient (Wildman–Crippen LogP) is 4.07. The normalized spacial score (nSPS) is 13.6. The summed E-state index contributed by atoms with van der Waals surface area (Å²) in [5, 5.41) is 2.88. The molecule has 1 aliphatic rings. The average Bonchev–Trinajstić information content (AvgIpc) is 2.84. The number of nitrogens with one attached hydrogen (secondary N) is 1. The Bertz CT molecular complexity index is 1090. The molecular weight excluding hydrogens is 472 g/mol. The smallest absolute Gasteiger partial charge is 0.257 e. The van der Waals surface area contributed by atoms with Crippen molar-refractivity contribution in [3.63, 3.8) is 0 Å². The molecule has 2 amide bonds. The molecule has 3 aromatic rings. The van der Waals surface area contributed by atoms with Gasteiger partial charge in [0.2, 0.25) is 0 Å². The number of ether oxygens (including phenoxy) is 1. The Labute approximate surface area is 195 Å². The Balaban J connectivity index is 1.32. The van der Waals surface area contributed by atoms with E-state index >= 15 is 0 Å². The Kier molecular flexibility index (Phi) is 6.70. The number of aromatic nitrogens is 1.